The van der Waals surface area contributed by atoms with Crippen LogP contribution in [-0.2, 0) is 13.1 Å². The lowest BCUT2D eigenvalue weighted by Gasteiger charge is -2.19. The summed E-state index contributed by atoms with van der Waals surface area (Å²) >= 11 is 3.39. The van der Waals surface area contributed by atoms with Crippen molar-refractivity contribution in [3.05, 3.63) is 40.0 Å². The van der Waals surface area contributed by atoms with Gasteiger partial charge in [-0.05, 0) is 55.3 Å². The van der Waals surface area contributed by atoms with E-state index in [9.17, 15) is 0 Å². The fourth-order valence-corrected chi connectivity index (χ4v) is 2.10. The summed E-state index contributed by atoms with van der Waals surface area (Å²) in [5.74, 6) is 1.93. The summed E-state index contributed by atoms with van der Waals surface area (Å²) in [7, 11) is 0. The van der Waals surface area contributed by atoms with Crippen molar-refractivity contribution in [3.8, 4) is 0 Å². The fourth-order valence-electron chi connectivity index (χ4n) is 1.77. The van der Waals surface area contributed by atoms with Crippen LogP contribution in [0.3, 0.4) is 0 Å². The van der Waals surface area contributed by atoms with Crippen LogP contribution >= 0.6 is 15.9 Å². The van der Waals surface area contributed by atoms with Gasteiger partial charge in [0, 0.05) is 11.7 Å². The Hall–Kier alpha value is -1.07. The lowest BCUT2D eigenvalue weighted by molar-refractivity contribution is 0.373. The lowest BCUT2D eigenvalue weighted by atomic mass is 10.1. The molecule has 0 bridgehead atoms. The van der Waals surface area contributed by atoms with Gasteiger partial charge < -0.3 is 9.73 Å². The molecule has 1 N–H and O–H groups in total. The number of nitrogens with zero attached hydrogens (tertiary/aromatic N) is 2. The van der Waals surface area contributed by atoms with E-state index in [-0.39, 0.29) is 5.54 Å². The van der Waals surface area contributed by atoms with Crippen molar-refractivity contribution in [3.63, 3.8) is 0 Å². The zero-order valence-corrected chi connectivity index (χ0v) is 13.4. The largest absolute Gasteiger partial charge is 0.462 e. The second-order valence-corrected chi connectivity index (χ2v) is 6.69. The average molecular weight is 326 g/mol. The third kappa shape index (κ3) is 4.21. The maximum absolute atomic E-state index is 5.88. The first-order valence-electron chi connectivity index (χ1n) is 6.35. The van der Waals surface area contributed by atoms with Gasteiger partial charge in [0.25, 0.3) is 0 Å². The highest BCUT2D eigenvalue weighted by molar-refractivity contribution is 9.10. The molecule has 0 spiro atoms. The molecular formula is C14H20BrN3O. The van der Waals surface area contributed by atoms with E-state index in [2.05, 4.69) is 60.1 Å². The second-order valence-electron chi connectivity index (χ2n) is 5.78. The van der Waals surface area contributed by atoms with E-state index in [4.69, 9.17) is 4.42 Å². The molecule has 0 unspecified atom stereocenters. The van der Waals surface area contributed by atoms with Crippen molar-refractivity contribution < 1.29 is 4.42 Å². The van der Waals surface area contributed by atoms with Crippen LogP contribution in [0.15, 0.2) is 27.3 Å². The Kier molecular flexibility index (Phi) is 4.16. The van der Waals surface area contributed by atoms with Gasteiger partial charge in [0.1, 0.15) is 11.5 Å². The number of rotatable bonds is 4. The number of aryl methyl sites for hydroxylation is 1. The molecule has 0 fully saturated rings. The minimum absolute atomic E-state index is 0.0895. The van der Waals surface area contributed by atoms with Crippen molar-refractivity contribution in [1.29, 1.82) is 0 Å². The van der Waals surface area contributed by atoms with Crippen molar-refractivity contribution in [2.75, 3.05) is 0 Å². The number of hydrogen-bond donors (Lipinski definition) is 1. The predicted octanol–water partition coefficient (Wildman–Crippen LogP) is 3.48. The van der Waals surface area contributed by atoms with Gasteiger partial charge in [-0.2, -0.15) is 5.10 Å². The average Bonchev–Trinajstić information content (AvgIpc) is 2.82. The molecule has 2 aromatic heterocycles. The van der Waals surface area contributed by atoms with Gasteiger partial charge in [0.05, 0.1) is 23.8 Å². The molecule has 0 saturated carbocycles. The highest BCUT2D eigenvalue weighted by Gasteiger charge is 2.13. The van der Waals surface area contributed by atoms with Crippen molar-refractivity contribution in [2.24, 2.45) is 0 Å². The summed E-state index contributed by atoms with van der Waals surface area (Å²) in [6.07, 6.45) is 3.71. The topological polar surface area (TPSA) is 43.0 Å². The minimum Gasteiger partial charge on any atom is -0.462 e. The Morgan fingerprint density at radius 3 is 2.74 bits per heavy atom. The number of hydrogen-bond acceptors (Lipinski definition) is 3. The Bertz CT molecular complexity index is 551. The van der Waals surface area contributed by atoms with Gasteiger partial charge in [-0.25, -0.2) is 0 Å². The maximum Gasteiger partial charge on any atom is 0.126 e. The molecule has 19 heavy (non-hydrogen) atoms. The third-order valence-corrected chi connectivity index (χ3v) is 3.18. The first kappa shape index (κ1) is 14.3. The number of furan rings is 1. The van der Waals surface area contributed by atoms with Gasteiger partial charge >= 0.3 is 0 Å². The van der Waals surface area contributed by atoms with Crippen LogP contribution < -0.4 is 5.32 Å². The Balaban J connectivity index is 2.04. The normalized spacial score (nSPS) is 12.1. The van der Waals surface area contributed by atoms with E-state index in [0.717, 1.165) is 22.5 Å². The zero-order chi connectivity index (χ0) is 14.0. The smallest absolute Gasteiger partial charge is 0.126 e. The van der Waals surface area contributed by atoms with E-state index in [1.807, 2.05) is 10.9 Å². The SMILES string of the molecule is Cc1cc(Cn2cc(Br)cn2)oc1CNC(C)(C)C. The number of aromatic nitrogens is 2. The quantitative estimate of drug-likeness (QED) is 0.935. The van der Waals surface area contributed by atoms with Crippen LogP contribution in [-0.4, -0.2) is 15.3 Å². The Labute approximate surface area is 122 Å². The summed E-state index contributed by atoms with van der Waals surface area (Å²) < 4.78 is 8.71. The Morgan fingerprint density at radius 2 is 2.16 bits per heavy atom. The number of halogens is 1. The van der Waals surface area contributed by atoms with Crippen LogP contribution in [0, 0.1) is 6.92 Å². The molecule has 4 nitrogen and oxygen atoms in total. The molecule has 2 heterocycles. The first-order chi connectivity index (χ1) is 8.83. The first-order valence-corrected chi connectivity index (χ1v) is 7.14. The van der Waals surface area contributed by atoms with Crippen molar-refractivity contribution >= 4 is 15.9 Å². The summed E-state index contributed by atoms with van der Waals surface area (Å²) in [6, 6.07) is 2.08. The molecule has 0 amide bonds. The van der Waals surface area contributed by atoms with E-state index >= 15 is 0 Å². The van der Waals surface area contributed by atoms with Crippen LogP contribution in [0.1, 0.15) is 37.9 Å². The summed E-state index contributed by atoms with van der Waals surface area (Å²) in [5.41, 5.74) is 1.27. The summed E-state index contributed by atoms with van der Waals surface area (Å²) in [5, 5.41) is 7.67. The molecule has 0 aliphatic heterocycles. The van der Waals surface area contributed by atoms with E-state index in [0.29, 0.717) is 6.54 Å². The molecule has 0 aliphatic carbocycles. The number of nitrogens with one attached hydrogen (secondary N) is 1. The molecule has 104 valence electrons. The van der Waals surface area contributed by atoms with Gasteiger partial charge in [-0.3, -0.25) is 4.68 Å². The van der Waals surface area contributed by atoms with E-state index < -0.39 is 0 Å². The minimum atomic E-state index is 0.0895. The molecular weight excluding hydrogens is 306 g/mol. The Morgan fingerprint density at radius 1 is 1.42 bits per heavy atom. The summed E-state index contributed by atoms with van der Waals surface area (Å²) in [4.78, 5) is 0. The van der Waals surface area contributed by atoms with Crippen LogP contribution in [0.5, 0.6) is 0 Å². The predicted molar refractivity (Wildman–Crippen MR) is 79.1 cm³/mol. The van der Waals surface area contributed by atoms with Gasteiger partial charge in [-0.1, -0.05) is 0 Å². The van der Waals surface area contributed by atoms with Gasteiger partial charge in [-0.15, -0.1) is 0 Å². The summed E-state index contributed by atoms with van der Waals surface area (Å²) in [6.45, 7) is 9.92. The lowest BCUT2D eigenvalue weighted by Crippen LogP contribution is -2.35. The molecule has 0 radical (unpaired) electrons. The highest BCUT2D eigenvalue weighted by Crippen LogP contribution is 2.17. The highest BCUT2D eigenvalue weighted by atomic mass is 79.9. The van der Waals surface area contributed by atoms with E-state index in [1.165, 1.54) is 5.56 Å². The molecule has 0 saturated heterocycles. The van der Waals surface area contributed by atoms with Crippen LogP contribution in [0.25, 0.3) is 0 Å². The molecule has 0 aromatic carbocycles. The molecule has 2 rings (SSSR count). The second kappa shape index (κ2) is 5.51. The molecule has 0 atom stereocenters. The van der Waals surface area contributed by atoms with Crippen molar-refractivity contribution in [1.82, 2.24) is 15.1 Å². The fraction of sp³-hybridized carbons (Fsp3) is 0.500. The molecule has 2 aromatic rings. The van der Waals surface area contributed by atoms with Crippen molar-refractivity contribution in [2.45, 2.75) is 46.3 Å². The standard InChI is InChI=1S/C14H20BrN3O/c1-10-5-12(9-18-8-11(15)6-17-18)19-13(10)7-16-14(2,3)4/h5-6,8,16H,7,9H2,1-4H3. The van der Waals surface area contributed by atoms with Gasteiger partial charge in [0.2, 0.25) is 0 Å². The third-order valence-electron chi connectivity index (χ3n) is 2.77. The monoisotopic (exact) mass is 325 g/mol. The van der Waals surface area contributed by atoms with Crippen LogP contribution in [0.4, 0.5) is 0 Å². The molecule has 0 aliphatic rings. The molecule has 5 heteroatoms. The maximum atomic E-state index is 5.88. The van der Waals surface area contributed by atoms with E-state index in [1.54, 1.807) is 6.20 Å². The van der Waals surface area contributed by atoms with Crippen LogP contribution in [0.2, 0.25) is 0 Å². The van der Waals surface area contributed by atoms with Gasteiger partial charge in [0.15, 0.2) is 0 Å². The zero-order valence-electron chi connectivity index (χ0n) is 11.8.